The molecule has 0 saturated carbocycles. The van der Waals surface area contributed by atoms with Gasteiger partial charge in [0.1, 0.15) is 0 Å². The molecule has 1 aliphatic carbocycles. The first-order valence-corrected chi connectivity index (χ1v) is 13.6. The van der Waals surface area contributed by atoms with Gasteiger partial charge in [0.2, 0.25) is 0 Å². The van der Waals surface area contributed by atoms with Gasteiger partial charge in [0.05, 0.1) is 4.90 Å². The van der Waals surface area contributed by atoms with Gasteiger partial charge in [-0.3, -0.25) is 0 Å². The molecule has 0 spiro atoms. The molecule has 0 amide bonds. The summed E-state index contributed by atoms with van der Waals surface area (Å²) in [7, 11) is -3.27. The maximum Gasteiger partial charge on any atom is 0.175 e. The summed E-state index contributed by atoms with van der Waals surface area (Å²) in [4.78, 5) is 0.335. The normalized spacial score (nSPS) is 12.3. The summed E-state index contributed by atoms with van der Waals surface area (Å²) in [6, 6.07) is 39.3. The average molecular weight is 473 g/mol. The van der Waals surface area contributed by atoms with E-state index in [2.05, 4.69) is 78.9 Å². The fourth-order valence-electron chi connectivity index (χ4n) is 5.21. The molecular formula is C32H24O2S. The lowest BCUT2D eigenvalue weighted by atomic mass is 9.82. The van der Waals surface area contributed by atoms with E-state index >= 15 is 0 Å². The maximum atomic E-state index is 12.1. The smallest absolute Gasteiger partial charge is 0.175 e. The van der Waals surface area contributed by atoms with Crippen LogP contribution in [0, 0.1) is 0 Å². The van der Waals surface area contributed by atoms with E-state index in [1.165, 1.54) is 45.2 Å². The molecule has 0 aromatic heterocycles. The van der Waals surface area contributed by atoms with Crippen molar-refractivity contribution >= 4 is 9.84 Å². The molecule has 5 aromatic carbocycles. The van der Waals surface area contributed by atoms with Crippen molar-refractivity contribution in [2.45, 2.75) is 11.3 Å². The first-order chi connectivity index (χ1) is 17.0. The first-order valence-electron chi connectivity index (χ1n) is 11.7. The highest BCUT2D eigenvalue weighted by molar-refractivity contribution is 7.90. The van der Waals surface area contributed by atoms with Crippen LogP contribution in [-0.4, -0.2) is 14.7 Å². The molecule has 1 aliphatic rings. The van der Waals surface area contributed by atoms with E-state index < -0.39 is 9.84 Å². The van der Waals surface area contributed by atoms with Crippen molar-refractivity contribution in [1.29, 1.82) is 0 Å². The Morgan fingerprint density at radius 2 is 1.11 bits per heavy atom. The van der Waals surface area contributed by atoms with Crippen LogP contribution in [0.5, 0.6) is 0 Å². The Balaban J connectivity index is 1.73. The zero-order chi connectivity index (χ0) is 24.0. The van der Waals surface area contributed by atoms with Crippen LogP contribution in [0.1, 0.15) is 11.1 Å². The monoisotopic (exact) mass is 472 g/mol. The van der Waals surface area contributed by atoms with E-state index in [0.717, 1.165) is 23.1 Å². The lowest BCUT2D eigenvalue weighted by Crippen LogP contribution is -1.99. The van der Waals surface area contributed by atoms with Crippen LogP contribution in [0.15, 0.2) is 120 Å². The molecule has 0 heterocycles. The molecule has 6 rings (SSSR count). The standard InChI is InChI=1S/C32H24O2S/c1-35(33,34)26-18-16-24(17-19-26)32-30-20-25-14-8-9-15-27(25)29(30)21-28(22-10-4-2-5-11-22)31(32)23-12-6-3-7-13-23/h2-19,21H,20H2,1H3. The highest BCUT2D eigenvalue weighted by atomic mass is 32.2. The third-order valence-corrected chi connectivity index (χ3v) is 7.96. The summed E-state index contributed by atoms with van der Waals surface area (Å²) < 4.78 is 24.3. The summed E-state index contributed by atoms with van der Waals surface area (Å²) >= 11 is 0. The maximum absolute atomic E-state index is 12.1. The number of rotatable bonds is 4. The lowest BCUT2D eigenvalue weighted by Gasteiger charge is -2.21. The average Bonchev–Trinajstić information content (AvgIpc) is 3.26. The van der Waals surface area contributed by atoms with Crippen LogP contribution >= 0.6 is 0 Å². The summed E-state index contributed by atoms with van der Waals surface area (Å²) in [6.45, 7) is 0. The van der Waals surface area contributed by atoms with E-state index in [4.69, 9.17) is 0 Å². The van der Waals surface area contributed by atoms with Crippen molar-refractivity contribution in [2.75, 3.05) is 6.26 Å². The van der Waals surface area contributed by atoms with Crippen LogP contribution in [0.3, 0.4) is 0 Å². The Hall–Kier alpha value is -3.95. The molecule has 5 aromatic rings. The van der Waals surface area contributed by atoms with Gasteiger partial charge < -0.3 is 0 Å². The van der Waals surface area contributed by atoms with Crippen LogP contribution in [0.4, 0.5) is 0 Å². The zero-order valence-electron chi connectivity index (χ0n) is 19.4. The van der Waals surface area contributed by atoms with Gasteiger partial charge >= 0.3 is 0 Å². The largest absolute Gasteiger partial charge is 0.224 e. The highest BCUT2D eigenvalue weighted by Gasteiger charge is 2.27. The predicted octanol–water partition coefficient (Wildman–Crippen LogP) is 7.66. The molecule has 0 atom stereocenters. The molecule has 2 nitrogen and oxygen atoms in total. The molecule has 0 fully saturated rings. The van der Waals surface area contributed by atoms with E-state index in [-0.39, 0.29) is 0 Å². The predicted molar refractivity (Wildman–Crippen MR) is 144 cm³/mol. The van der Waals surface area contributed by atoms with Crippen molar-refractivity contribution in [3.05, 3.63) is 126 Å². The molecule has 170 valence electrons. The van der Waals surface area contributed by atoms with E-state index in [1.54, 1.807) is 12.1 Å². The SMILES string of the molecule is CS(=O)(=O)c1ccc(-c2c3c(cc(-c4ccccc4)c2-c2ccccc2)-c2ccccc2C3)cc1. The van der Waals surface area contributed by atoms with Gasteiger partial charge in [-0.2, -0.15) is 0 Å². The second-order valence-electron chi connectivity index (χ2n) is 9.06. The summed E-state index contributed by atoms with van der Waals surface area (Å²) in [5.41, 5.74) is 12.0. The van der Waals surface area contributed by atoms with Crippen molar-refractivity contribution in [3.63, 3.8) is 0 Å². The Bertz CT molecular complexity index is 1650. The zero-order valence-corrected chi connectivity index (χ0v) is 20.2. The molecule has 0 N–H and O–H groups in total. The number of fused-ring (bicyclic) bond motifs is 3. The summed E-state index contributed by atoms with van der Waals surface area (Å²) in [5, 5.41) is 0. The second kappa shape index (κ2) is 8.37. The minimum atomic E-state index is -3.27. The van der Waals surface area contributed by atoms with E-state index in [1.807, 2.05) is 24.3 Å². The lowest BCUT2D eigenvalue weighted by molar-refractivity contribution is 0.602. The Labute approximate surface area is 206 Å². The molecule has 35 heavy (non-hydrogen) atoms. The third kappa shape index (κ3) is 3.78. The molecule has 3 heteroatoms. The Morgan fingerprint density at radius 1 is 0.543 bits per heavy atom. The van der Waals surface area contributed by atoms with Gasteiger partial charge in [-0.25, -0.2) is 8.42 Å². The van der Waals surface area contributed by atoms with Gasteiger partial charge in [-0.05, 0) is 80.3 Å². The van der Waals surface area contributed by atoms with Gasteiger partial charge in [-0.1, -0.05) is 97.1 Å². The van der Waals surface area contributed by atoms with Crippen LogP contribution in [0.25, 0.3) is 44.5 Å². The van der Waals surface area contributed by atoms with Crippen molar-refractivity contribution in [1.82, 2.24) is 0 Å². The van der Waals surface area contributed by atoms with Gasteiger partial charge in [0, 0.05) is 6.26 Å². The number of hydrogen-bond donors (Lipinski definition) is 0. The first kappa shape index (κ1) is 21.6. The van der Waals surface area contributed by atoms with Crippen LogP contribution in [0.2, 0.25) is 0 Å². The molecule has 0 radical (unpaired) electrons. The highest BCUT2D eigenvalue weighted by Crippen LogP contribution is 2.50. The fraction of sp³-hybridized carbons (Fsp3) is 0.0625. The number of sulfone groups is 1. The van der Waals surface area contributed by atoms with E-state index in [9.17, 15) is 8.42 Å². The van der Waals surface area contributed by atoms with Crippen molar-refractivity contribution < 1.29 is 8.42 Å². The number of benzene rings is 5. The van der Waals surface area contributed by atoms with Crippen molar-refractivity contribution in [2.24, 2.45) is 0 Å². The van der Waals surface area contributed by atoms with Crippen LogP contribution < -0.4 is 0 Å². The second-order valence-corrected chi connectivity index (χ2v) is 11.1. The summed E-state index contributed by atoms with van der Waals surface area (Å²) in [5.74, 6) is 0. The van der Waals surface area contributed by atoms with E-state index in [0.29, 0.717) is 4.90 Å². The quantitative estimate of drug-likeness (QED) is 0.264. The molecule has 0 bridgehead atoms. The minimum Gasteiger partial charge on any atom is -0.224 e. The Morgan fingerprint density at radius 3 is 1.77 bits per heavy atom. The van der Waals surface area contributed by atoms with Gasteiger partial charge in [-0.15, -0.1) is 0 Å². The van der Waals surface area contributed by atoms with Gasteiger partial charge in [0.25, 0.3) is 0 Å². The number of hydrogen-bond acceptors (Lipinski definition) is 2. The molecule has 0 aliphatic heterocycles. The minimum absolute atomic E-state index is 0.335. The van der Waals surface area contributed by atoms with Crippen molar-refractivity contribution in [3.8, 4) is 44.5 Å². The van der Waals surface area contributed by atoms with Gasteiger partial charge in [0.15, 0.2) is 9.84 Å². The Kier molecular flexibility index (Phi) is 5.16. The molecule has 0 saturated heterocycles. The molecular weight excluding hydrogens is 448 g/mol. The topological polar surface area (TPSA) is 34.1 Å². The fourth-order valence-corrected chi connectivity index (χ4v) is 5.84. The van der Waals surface area contributed by atoms with Crippen LogP contribution in [-0.2, 0) is 16.3 Å². The third-order valence-electron chi connectivity index (χ3n) is 6.83. The summed E-state index contributed by atoms with van der Waals surface area (Å²) in [6.07, 6.45) is 2.10. The molecule has 0 unspecified atom stereocenters.